The summed E-state index contributed by atoms with van der Waals surface area (Å²) in [6, 6.07) is 12.6. The molecule has 6 bridgehead atoms. The van der Waals surface area contributed by atoms with Gasteiger partial charge in [-0.25, -0.2) is 5.43 Å². The highest BCUT2D eigenvalue weighted by molar-refractivity contribution is 5.97. The predicted octanol–water partition coefficient (Wildman–Crippen LogP) is 6.11. The van der Waals surface area contributed by atoms with E-state index in [1.807, 2.05) is 39.0 Å². The van der Waals surface area contributed by atoms with Crippen molar-refractivity contribution < 1.29 is 38.6 Å². The summed E-state index contributed by atoms with van der Waals surface area (Å²) in [6.07, 6.45) is 5.24. The number of methoxy groups -OCH3 is 1. The molecule has 0 unspecified atom stereocenters. The fourth-order valence-corrected chi connectivity index (χ4v) is 10.8. The van der Waals surface area contributed by atoms with Gasteiger partial charge in [0.2, 0.25) is 17.7 Å². The standard InChI is InChI=1S/C52H65N7O8/c1-9-43(61)56-21-17-52(29-56)18-22-58(50(52)65)45(31(3)4)47(62)54-41-25-33-23-35(26-36(60)24-33)34-15-16-42-38(27-34)39(46(57(42)10-2)37-13-11-19-53-44(37)32(5)66-8)28-51(6,7)30-67-49(64)40-14-12-20-59(55-40)48(41)63/h9,11,13,15-16,19,23-24,26-27,31-32,40-41,45,55,60H,1,10,12,14,17-18,20-22,25,28-30H2,2-8H3,(H,54,62)/t32-,40-,41-,45-,52-/m0/s1. The molecule has 2 aromatic carbocycles. The van der Waals surface area contributed by atoms with Gasteiger partial charge in [0.25, 0.3) is 5.91 Å². The van der Waals surface area contributed by atoms with Crippen LogP contribution >= 0.6 is 0 Å². The number of ether oxygens (including phenoxy) is 2. The van der Waals surface area contributed by atoms with E-state index >= 15 is 0 Å². The third-order valence-electron chi connectivity index (χ3n) is 14.3. The first-order valence-electron chi connectivity index (χ1n) is 23.7. The highest BCUT2D eigenvalue weighted by Gasteiger charge is 2.54. The van der Waals surface area contributed by atoms with Crippen molar-refractivity contribution in [1.29, 1.82) is 0 Å². The summed E-state index contributed by atoms with van der Waals surface area (Å²) in [5.41, 5.74) is 8.79. The molecule has 15 heteroatoms. The van der Waals surface area contributed by atoms with Gasteiger partial charge in [0.05, 0.1) is 29.5 Å². The molecule has 1 spiro atoms. The Kier molecular flexibility index (Phi) is 13.4. The van der Waals surface area contributed by atoms with Gasteiger partial charge in [-0.3, -0.25) is 34.0 Å². The topological polar surface area (TPSA) is 176 Å². The zero-order chi connectivity index (χ0) is 47.9. The van der Waals surface area contributed by atoms with E-state index < -0.39 is 46.7 Å². The number of phenols is 1. The number of aryl methyl sites for hydroxylation is 1. The first-order chi connectivity index (χ1) is 32.0. The minimum absolute atomic E-state index is 0.000101. The van der Waals surface area contributed by atoms with E-state index in [2.05, 4.69) is 60.9 Å². The van der Waals surface area contributed by atoms with Crippen LogP contribution in [0.2, 0.25) is 0 Å². The number of pyridine rings is 1. The molecule has 2 aromatic heterocycles. The number of amides is 4. The number of carbonyl (C=O) groups is 5. The van der Waals surface area contributed by atoms with E-state index in [4.69, 9.17) is 14.5 Å². The van der Waals surface area contributed by atoms with Crippen LogP contribution < -0.4 is 10.7 Å². The molecule has 4 aromatic rings. The van der Waals surface area contributed by atoms with Gasteiger partial charge in [-0.2, -0.15) is 0 Å². The lowest BCUT2D eigenvalue weighted by Gasteiger charge is -2.37. The molecule has 4 aliphatic rings. The van der Waals surface area contributed by atoms with Crippen LogP contribution in [0.4, 0.5) is 0 Å². The normalized spacial score (nSPS) is 23.1. The number of nitrogens with zero attached hydrogens (tertiary/aromatic N) is 5. The molecule has 3 saturated heterocycles. The Balaban J connectivity index is 1.20. The second-order valence-corrected chi connectivity index (χ2v) is 20.0. The van der Waals surface area contributed by atoms with Crippen LogP contribution in [0.3, 0.4) is 0 Å². The summed E-state index contributed by atoms with van der Waals surface area (Å²) in [7, 11) is 1.67. The van der Waals surface area contributed by atoms with Gasteiger partial charge in [0, 0.05) is 74.3 Å². The summed E-state index contributed by atoms with van der Waals surface area (Å²) in [4.78, 5) is 78.3. The van der Waals surface area contributed by atoms with E-state index in [1.54, 1.807) is 35.2 Å². The van der Waals surface area contributed by atoms with Crippen LogP contribution in [-0.2, 0) is 52.8 Å². The van der Waals surface area contributed by atoms with Crippen LogP contribution in [0.1, 0.15) is 90.2 Å². The van der Waals surface area contributed by atoms with E-state index in [0.717, 1.165) is 44.5 Å². The summed E-state index contributed by atoms with van der Waals surface area (Å²) in [5, 5.41) is 16.8. The van der Waals surface area contributed by atoms with Crippen molar-refractivity contribution in [3.8, 4) is 28.1 Å². The molecule has 0 saturated carbocycles. The Morgan fingerprint density at radius 3 is 2.57 bits per heavy atom. The van der Waals surface area contributed by atoms with E-state index in [0.29, 0.717) is 57.3 Å². The Morgan fingerprint density at radius 2 is 1.84 bits per heavy atom. The Morgan fingerprint density at radius 1 is 1.06 bits per heavy atom. The van der Waals surface area contributed by atoms with Crippen molar-refractivity contribution in [2.45, 2.75) is 111 Å². The molecule has 356 valence electrons. The number of cyclic esters (lactones) is 1. The van der Waals surface area contributed by atoms with Gasteiger partial charge < -0.3 is 34.3 Å². The van der Waals surface area contributed by atoms with Gasteiger partial charge in [0.1, 0.15) is 23.9 Å². The number of rotatable bonds is 9. The van der Waals surface area contributed by atoms with E-state index in [9.17, 15) is 29.1 Å². The SMILES string of the molecule is C=CC(=O)N1CC[C@]2(CCN([C@H](C(=O)N[C@H]3Cc4cc(O)cc(c4)-c4ccc5c(c4)c(c(-c4cccnc4[C@H](C)OC)n5CC)CC(C)(C)COC(=O)[C@@H]4CCCN(N4)C3=O)C(C)C)C2=O)C1. The quantitative estimate of drug-likeness (QED) is 0.131. The predicted molar refractivity (Wildman–Crippen MR) is 254 cm³/mol. The number of esters is 1. The number of hydrogen-bond acceptors (Lipinski definition) is 10. The summed E-state index contributed by atoms with van der Waals surface area (Å²) in [5.74, 6) is -2.16. The van der Waals surface area contributed by atoms with Crippen LogP contribution in [-0.4, -0.2) is 117 Å². The molecule has 3 N–H and O–H groups in total. The van der Waals surface area contributed by atoms with Crippen LogP contribution in [0.15, 0.2) is 67.4 Å². The first-order valence-corrected chi connectivity index (χ1v) is 23.7. The lowest BCUT2D eigenvalue weighted by Crippen LogP contribution is -2.62. The minimum Gasteiger partial charge on any atom is -0.508 e. The van der Waals surface area contributed by atoms with Crippen molar-refractivity contribution >= 4 is 40.5 Å². The molecule has 5 atom stereocenters. The number of carbonyl (C=O) groups excluding carboxylic acids is 5. The summed E-state index contributed by atoms with van der Waals surface area (Å²) in [6.45, 7) is 17.7. The maximum absolute atomic E-state index is 14.8. The second kappa shape index (κ2) is 18.9. The fraction of sp³-hybridized carbons (Fsp3) is 0.500. The maximum Gasteiger partial charge on any atom is 0.324 e. The Hall–Kier alpha value is -6.06. The molecule has 4 aliphatic heterocycles. The van der Waals surface area contributed by atoms with Gasteiger partial charge in [-0.15, -0.1) is 0 Å². The van der Waals surface area contributed by atoms with Crippen molar-refractivity contribution in [2.24, 2.45) is 16.7 Å². The van der Waals surface area contributed by atoms with Gasteiger partial charge in [0.15, 0.2) is 0 Å². The van der Waals surface area contributed by atoms with Gasteiger partial charge in [-0.1, -0.05) is 46.4 Å². The number of likely N-dealkylation sites (tertiary alicyclic amines) is 2. The molecular weight excluding hydrogens is 851 g/mol. The number of aromatic nitrogens is 2. The first kappa shape index (κ1) is 47.4. The van der Waals surface area contributed by atoms with Crippen molar-refractivity contribution in [2.75, 3.05) is 39.9 Å². The minimum atomic E-state index is -1.15. The summed E-state index contributed by atoms with van der Waals surface area (Å²) >= 11 is 0. The average Bonchev–Trinajstić information content (AvgIpc) is 3.99. The maximum atomic E-state index is 14.8. The number of hydrogen-bond donors (Lipinski definition) is 3. The van der Waals surface area contributed by atoms with Crippen molar-refractivity contribution in [3.05, 3.63) is 84.2 Å². The fourth-order valence-electron chi connectivity index (χ4n) is 10.8. The lowest BCUT2D eigenvalue weighted by molar-refractivity contribution is -0.155. The highest BCUT2D eigenvalue weighted by atomic mass is 16.5. The van der Waals surface area contributed by atoms with Crippen LogP contribution in [0.5, 0.6) is 5.75 Å². The lowest BCUT2D eigenvalue weighted by atomic mass is 9.84. The molecule has 0 radical (unpaired) electrons. The summed E-state index contributed by atoms with van der Waals surface area (Å²) < 4.78 is 14.2. The second-order valence-electron chi connectivity index (χ2n) is 20.0. The number of hydrazine groups is 1. The van der Waals surface area contributed by atoms with Crippen LogP contribution in [0.25, 0.3) is 33.3 Å². The van der Waals surface area contributed by atoms with Gasteiger partial charge >= 0.3 is 5.97 Å². The van der Waals surface area contributed by atoms with Crippen molar-refractivity contribution in [3.63, 3.8) is 0 Å². The molecule has 3 fully saturated rings. The molecule has 8 rings (SSSR count). The van der Waals surface area contributed by atoms with E-state index in [1.165, 1.54) is 11.1 Å². The Labute approximate surface area is 392 Å². The Bertz CT molecular complexity index is 2600. The number of phenolic OH excluding ortho intramolecular Hbond substituents is 1. The zero-order valence-corrected chi connectivity index (χ0v) is 39.9. The average molecular weight is 916 g/mol. The van der Waals surface area contributed by atoms with Crippen molar-refractivity contribution in [1.82, 2.24) is 35.1 Å². The van der Waals surface area contributed by atoms with Crippen LogP contribution in [0, 0.1) is 16.7 Å². The van der Waals surface area contributed by atoms with E-state index in [-0.39, 0.29) is 55.7 Å². The number of benzene rings is 2. The molecule has 67 heavy (non-hydrogen) atoms. The highest BCUT2D eigenvalue weighted by Crippen LogP contribution is 2.44. The monoisotopic (exact) mass is 915 g/mol. The molecule has 6 heterocycles. The molecule has 4 amide bonds. The third kappa shape index (κ3) is 9.19. The molecule has 15 nitrogen and oxygen atoms in total. The number of fused-ring (bicyclic) bond motifs is 6. The molecular formula is C52H65N7O8. The third-order valence-corrected chi connectivity index (χ3v) is 14.3. The smallest absolute Gasteiger partial charge is 0.324 e. The number of nitrogens with one attached hydrogen (secondary N) is 2. The zero-order valence-electron chi connectivity index (χ0n) is 39.9. The number of aromatic hydroxyl groups is 1. The largest absolute Gasteiger partial charge is 0.508 e. The molecule has 0 aliphatic carbocycles. The van der Waals surface area contributed by atoms with Gasteiger partial charge in [-0.05, 0) is 117 Å².